The molecule has 0 aliphatic carbocycles. The Hall–Kier alpha value is -2.15. The summed E-state index contributed by atoms with van der Waals surface area (Å²) in [6, 6.07) is 4.21. The van der Waals surface area contributed by atoms with Gasteiger partial charge in [0.1, 0.15) is 0 Å². The molecule has 25 heavy (non-hydrogen) atoms. The molecule has 1 aromatic carbocycles. The van der Waals surface area contributed by atoms with Gasteiger partial charge in [-0.2, -0.15) is 0 Å². The molecule has 1 aliphatic heterocycles. The molecule has 1 saturated heterocycles. The topological polar surface area (TPSA) is 84.7 Å². The van der Waals surface area contributed by atoms with Gasteiger partial charge in [0.05, 0.1) is 12.0 Å². The van der Waals surface area contributed by atoms with Gasteiger partial charge in [0.2, 0.25) is 0 Å². The Kier molecular flexibility index (Phi) is 6.36. The van der Waals surface area contributed by atoms with Crippen LogP contribution in [0.25, 0.3) is 0 Å². The zero-order valence-electron chi connectivity index (χ0n) is 15.3. The minimum atomic E-state index is -0.546. The zero-order chi connectivity index (χ0) is 18.6. The van der Waals surface area contributed by atoms with Crippen molar-refractivity contribution in [3.05, 3.63) is 33.9 Å². The highest BCUT2D eigenvalue weighted by molar-refractivity contribution is 5.95. The molecule has 2 rings (SSSR count). The number of methoxy groups -OCH3 is 1. The number of nitrogens with one attached hydrogen (secondary N) is 1. The van der Waals surface area contributed by atoms with E-state index in [0.29, 0.717) is 11.8 Å². The third kappa shape index (κ3) is 5.16. The van der Waals surface area contributed by atoms with Gasteiger partial charge in [0.25, 0.3) is 5.91 Å². The predicted octanol–water partition coefficient (Wildman–Crippen LogP) is 2.70. The molecule has 1 N–H and O–H groups in total. The first-order valence-electron chi connectivity index (χ1n) is 8.65. The molecule has 1 heterocycles. The van der Waals surface area contributed by atoms with Crippen molar-refractivity contribution in [1.82, 2.24) is 10.2 Å². The van der Waals surface area contributed by atoms with Gasteiger partial charge >= 0.3 is 5.69 Å². The summed E-state index contributed by atoms with van der Waals surface area (Å²) in [5.74, 6) is 1.16. The van der Waals surface area contributed by atoms with E-state index in [1.54, 1.807) is 6.07 Å². The number of benzene rings is 1. The van der Waals surface area contributed by atoms with E-state index in [1.807, 2.05) is 6.92 Å². The lowest BCUT2D eigenvalue weighted by molar-refractivity contribution is -0.385. The average molecular weight is 349 g/mol. The molecule has 0 bridgehead atoms. The second kappa shape index (κ2) is 8.29. The van der Waals surface area contributed by atoms with Gasteiger partial charge in [-0.15, -0.1) is 0 Å². The van der Waals surface area contributed by atoms with Crippen molar-refractivity contribution < 1.29 is 14.5 Å². The smallest absolute Gasteiger partial charge is 0.311 e. The molecule has 0 spiro atoms. The summed E-state index contributed by atoms with van der Waals surface area (Å²) >= 11 is 0. The number of nitro benzene ring substituents is 1. The standard InChI is InChI=1S/C18H27N3O4/c1-12-7-13(2)10-20(9-12)11-14(3)19-18(22)15-5-6-17(25-4)16(8-15)21(23)24/h5-6,8,12-14H,7,9-11H2,1-4H3,(H,19,22). The molecule has 1 fully saturated rings. The number of ether oxygens (including phenoxy) is 1. The van der Waals surface area contributed by atoms with E-state index in [2.05, 4.69) is 24.1 Å². The number of amides is 1. The van der Waals surface area contributed by atoms with Crippen molar-refractivity contribution in [3.63, 3.8) is 0 Å². The van der Waals surface area contributed by atoms with Crippen molar-refractivity contribution in [1.29, 1.82) is 0 Å². The van der Waals surface area contributed by atoms with Crippen LogP contribution in [0, 0.1) is 22.0 Å². The number of piperidine rings is 1. The quantitative estimate of drug-likeness (QED) is 0.630. The van der Waals surface area contributed by atoms with Crippen LogP contribution in [0.15, 0.2) is 18.2 Å². The first kappa shape index (κ1) is 19.2. The lowest BCUT2D eigenvalue weighted by Crippen LogP contribution is -2.47. The van der Waals surface area contributed by atoms with Gasteiger partial charge in [-0.05, 0) is 37.3 Å². The minimum Gasteiger partial charge on any atom is -0.490 e. The maximum Gasteiger partial charge on any atom is 0.311 e. The lowest BCUT2D eigenvalue weighted by atomic mass is 9.92. The maximum absolute atomic E-state index is 12.4. The number of nitro groups is 1. The number of carbonyl (C=O) groups is 1. The van der Waals surface area contributed by atoms with Gasteiger partial charge in [0, 0.05) is 37.3 Å². The van der Waals surface area contributed by atoms with E-state index in [0.717, 1.165) is 19.6 Å². The number of carbonyl (C=O) groups excluding carboxylic acids is 1. The first-order chi connectivity index (χ1) is 11.8. The Morgan fingerprint density at radius 2 is 2.04 bits per heavy atom. The number of nitrogens with zero attached hydrogens (tertiary/aromatic N) is 2. The summed E-state index contributed by atoms with van der Waals surface area (Å²) in [5, 5.41) is 14.0. The monoisotopic (exact) mass is 349 g/mol. The van der Waals surface area contributed by atoms with Gasteiger partial charge in [-0.3, -0.25) is 14.9 Å². The highest BCUT2D eigenvalue weighted by Gasteiger charge is 2.24. The fraction of sp³-hybridized carbons (Fsp3) is 0.611. The number of rotatable bonds is 6. The number of likely N-dealkylation sites (tertiary alicyclic amines) is 1. The molecule has 0 radical (unpaired) electrons. The van der Waals surface area contributed by atoms with E-state index in [9.17, 15) is 14.9 Å². The van der Waals surface area contributed by atoms with Gasteiger partial charge < -0.3 is 15.0 Å². The molecule has 7 nitrogen and oxygen atoms in total. The van der Waals surface area contributed by atoms with Crippen LogP contribution < -0.4 is 10.1 Å². The van der Waals surface area contributed by atoms with E-state index >= 15 is 0 Å². The molecule has 1 amide bonds. The molecule has 138 valence electrons. The van der Waals surface area contributed by atoms with Crippen molar-refractivity contribution in [3.8, 4) is 5.75 Å². The van der Waals surface area contributed by atoms with Crippen molar-refractivity contribution >= 4 is 11.6 Å². The van der Waals surface area contributed by atoms with E-state index in [4.69, 9.17) is 4.74 Å². The summed E-state index contributed by atoms with van der Waals surface area (Å²) in [6.45, 7) is 9.32. The van der Waals surface area contributed by atoms with Crippen molar-refractivity contribution in [2.75, 3.05) is 26.7 Å². The fourth-order valence-electron chi connectivity index (χ4n) is 3.66. The highest BCUT2D eigenvalue weighted by Crippen LogP contribution is 2.27. The van der Waals surface area contributed by atoms with E-state index in [1.165, 1.54) is 25.7 Å². The Morgan fingerprint density at radius 1 is 1.40 bits per heavy atom. The van der Waals surface area contributed by atoms with Gasteiger partial charge in [-0.1, -0.05) is 13.8 Å². The van der Waals surface area contributed by atoms with Gasteiger partial charge in [0.15, 0.2) is 5.75 Å². The van der Waals surface area contributed by atoms with Crippen LogP contribution >= 0.6 is 0 Å². The Labute approximate surface area is 148 Å². The predicted molar refractivity (Wildman–Crippen MR) is 96.0 cm³/mol. The second-order valence-electron chi connectivity index (χ2n) is 7.18. The van der Waals surface area contributed by atoms with Crippen LogP contribution in [0.1, 0.15) is 37.6 Å². The maximum atomic E-state index is 12.4. The highest BCUT2D eigenvalue weighted by atomic mass is 16.6. The molecular weight excluding hydrogens is 322 g/mol. The third-order valence-corrected chi connectivity index (χ3v) is 4.49. The lowest BCUT2D eigenvalue weighted by Gasteiger charge is -2.36. The zero-order valence-corrected chi connectivity index (χ0v) is 15.3. The Bertz CT molecular complexity index is 625. The van der Waals surface area contributed by atoms with Crippen molar-refractivity contribution in [2.45, 2.75) is 33.2 Å². The fourth-order valence-corrected chi connectivity index (χ4v) is 3.66. The molecule has 0 aromatic heterocycles. The van der Waals surface area contributed by atoms with E-state index < -0.39 is 4.92 Å². The van der Waals surface area contributed by atoms with Crippen LogP contribution in [-0.2, 0) is 0 Å². The molecule has 1 aliphatic rings. The molecular formula is C18H27N3O4. The Morgan fingerprint density at radius 3 is 2.60 bits per heavy atom. The number of hydrogen-bond donors (Lipinski definition) is 1. The second-order valence-corrected chi connectivity index (χ2v) is 7.18. The summed E-state index contributed by atoms with van der Waals surface area (Å²) in [6.07, 6.45) is 1.24. The summed E-state index contributed by atoms with van der Waals surface area (Å²) < 4.78 is 4.96. The third-order valence-electron chi connectivity index (χ3n) is 4.49. The van der Waals surface area contributed by atoms with Crippen LogP contribution in [0.4, 0.5) is 5.69 Å². The first-order valence-corrected chi connectivity index (χ1v) is 8.65. The average Bonchev–Trinajstić information content (AvgIpc) is 2.52. The van der Waals surface area contributed by atoms with E-state index in [-0.39, 0.29) is 28.9 Å². The van der Waals surface area contributed by atoms with Crippen LogP contribution in [0.2, 0.25) is 0 Å². The summed E-state index contributed by atoms with van der Waals surface area (Å²) in [5.41, 5.74) is 0.0567. The summed E-state index contributed by atoms with van der Waals surface area (Å²) in [7, 11) is 1.37. The van der Waals surface area contributed by atoms with Crippen LogP contribution in [0.3, 0.4) is 0 Å². The van der Waals surface area contributed by atoms with Crippen LogP contribution in [0.5, 0.6) is 5.75 Å². The largest absolute Gasteiger partial charge is 0.490 e. The minimum absolute atomic E-state index is 0.0360. The number of hydrogen-bond acceptors (Lipinski definition) is 5. The SMILES string of the molecule is COc1ccc(C(=O)NC(C)CN2CC(C)CC(C)C2)cc1[N+](=O)[O-]. The molecule has 3 atom stereocenters. The molecule has 3 unspecified atom stereocenters. The van der Waals surface area contributed by atoms with Crippen molar-refractivity contribution in [2.24, 2.45) is 11.8 Å². The molecule has 0 saturated carbocycles. The summed E-state index contributed by atoms with van der Waals surface area (Å²) in [4.78, 5) is 25.3. The van der Waals surface area contributed by atoms with Gasteiger partial charge in [-0.25, -0.2) is 0 Å². The Balaban J connectivity index is 1.99. The van der Waals surface area contributed by atoms with Crippen LogP contribution in [-0.4, -0.2) is 48.5 Å². The molecule has 7 heteroatoms. The molecule has 1 aromatic rings. The normalized spacial score (nSPS) is 22.2.